The number of pyridine rings is 1. The molecule has 2 aromatic rings. The maximum Gasteiger partial charge on any atom is 0.257 e. The molecule has 0 saturated carbocycles. The van der Waals surface area contributed by atoms with Crippen LogP contribution in [-0.4, -0.2) is 49.1 Å². The van der Waals surface area contributed by atoms with E-state index in [9.17, 15) is 4.79 Å². The molecule has 1 aliphatic rings. The summed E-state index contributed by atoms with van der Waals surface area (Å²) in [6, 6.07) is 13.2. The van der Waals surface area contributed by atoms with Crippen molar-refractivity contribution in [3.8, 4) is 11.5 Å². The molecule has 6 nitrogen and oxygen atoms in total. The van der Waals surface area contributed by atoms with Crippen molar-refractivity contribution >= 4 is 5.91 Å². The Bertz CT molecular complexity index is 698. The van der Waals surface area contributed by atoms with Crippen LogP contribution in [0.15, 0.2) is 48.7 Å². The standard InChI is InChI=1S/C21H27N3O3/c1-26-19-5-7-20(8-6-19)27-16-21(25)23-14-17-9-12-24(13-10-17)15-18-4-2-3-11-22-18/h2-8,11,17H,9-10,12-16H2,1H3,(H,23,25). The third kappa shape index (κ3) is 6.25. The lowest BCUT2D eigenvalue weighted by Gasteiger charge is -2.31. The number of methoxy groups -OCH3 is 1. The fraction of sp³-hybridized carbons (Fsp3) is 0.429. The molecule has 1 N–H and O–H groups in total. The highest BCUT2D eigenvalue weighted by atomic mass is 16.5. The molecule has 0 spiro atoms. The lowest BCUT2D eigenvalue weighted by molar-refractivity contribution is -0.123. The SMILES string of the molecule is COc1ccc(OCC(=O)NCC2CCN(Cc3ccccn3)CC2)cc1. The first kappa shape index (κ1) is 19.2. The summed E-state index contributed by atoms with van der Waals surface area (Å²) in [5.74, 6) is 1.87. The van der Waals surface area contributed by atoms with Crippen molar-refractivity contribution in [2.45, 2.75) is 19.4 Å². The van der Waals surface area contributed by atoms with Gasteiger partial charge in [-0.3, -0.25) is 14.7 Å². The van der Waals surface area contributed by atoms with Gasteiger partial charge in [-0.05, 0) is 68.2 Å². The molecule has 1 aromatic carbocycles. The van der Waals surface area contributed by atoms with Gasteiger partial charge in [-0.15, -0.1) is 0 Å². The van der Waals surface area contributed by atoms with Crippen molar-refractivity contribution in [3.05, 3.63) is 54.4 Å². The summed E-state index contributed by atoms with van der Waals surface area (Å²) in [7, 11) is 1.62. The zero-order chi connectivity index (χ0) is 18.9. The number of likely N-dealkylation sites (tertiary alicyclic amines) is 1. The molecule has 1 fully saturated rings. The average Bonchev–Trinajstić information content (AvgIpc) is 2.73. The maximum absolute atomic E-state index is 12.0. The third-order valence-electron chi connectivity index (χ3n) is 4.84. The quantitative estimate of drug-likeness (QED) is 0.775. The van der Waals surface area contributed by atoms with E-state index in [0.717, 1.165) is 43.9 Å². The second-order valence-electron chi connectivity index (χ2n) is 6.81. The molecule has 0 bridgehead atoms. The molecule has 1 amide bonds. The van der Waals surface area contributed by atoms with Crippen LogP contribution in [0.4, 0.5) is 0 Å². The molecule has 0 atom stereocenters. The molecule has 1 aliphatic heterocycles. The summed E-state index contributed by atoms with van der Waals surface area (Å²) < 4.78 is 10.6. The van der Waals surface area contributed by atoms with E-state index in [-0.39, 0.29) is 12.5 Å². The number of amides is 1. The van der Waals surface area contributed by atoms with Gasteiger partial charge in [0.05, 0.1) is 12.8 Å². The smallest absolute Gasteiger partial charge is 0.257 e. The van der Waals surface area contributed by atoms with E-state index in [0.29, 0.717) is 18.2 Å². The molecular weight excluding hydrogens is 342 g/mol. The van der Waals surface area contributed by atoms with Crippen molar-refractivity contribution in [2.24, 2.45) is 5.92 Å². The van der Waals surface area contributed by atoms with E-state index in [1.807, 2.05) is 30.5 Å². The van der Waals surface area contributed by atoms with Crippen LogP contribution in [0, 0.1) is 5.92 Å². The highest BCUT2D eigenvalue weighted by Gasteiger charge is 2.20. The van der Waals surface area contributed by atoms with Crippen LogP contribution in [0.5, 0.6) is 11.5 Å². The van der Waals surface area contributed by atoms with Crippen molar-refractivity contribution in [3.63, 3.8) is 0 Å². The predicted molar refractivity (Wildman–Crippen MR) is 104 cm³/mol. The van der Waals surface area contributed by atoms with Gasteiger partial charge >= 0.3 is 0 Å². The van der Waals surface area contributed by atoms with Crippen LogP contribution in [-0.2, 0) is 11.3 Å². The van der Waals surface area contributed by atoms with E-state index in [4.69, 9.17) is 9.47 Å². The van der Waals surface area contributed by atoms with Gasteiger partial charge in [0.15, 0.2) is 6.61 Å². The molecule has 6 heteroatoms. The largest absolute Gasteiger partial charge is 0.497 e. The number of carbonyl (C=O) groups excluding carboxylic acids is 1. The van der Waals surface area contributed by atoms with E-state index in [1.54, 1.807) is 19.2 Å². The fourth-order valence-electron chi connectivity index (χ4n) is 3.20. The average molecular weight is 369 g/mol. The minimum Gasteiger partial charge on any atom is -0.497 e. The topological polar surface area (TPSA) is 63.7 Å². The number of piperidine rings is 1. The van der Waals surface area contributed by atoms with Gasteiger partial charge in [-0.1, -0.05) is 6.07 Å². The molecule has 2 heterocycles. The normalized spacial score (nSPS) is 15.3. The number of aromatic nitrogens is 1. The first-order chi connectivity index (χ1) is 13.2. The van der Waals surface area contributed by atoms with Gasteiger partial charge < -0.3 is 14.8 Å². The van der Waals surface area contributed by atoms with E-state index < -0.39 is 0 Å². The van der Waals surface area contributed by atoms with Crippen molar-refractivity contribution in [1.29, 1.82) is 0 Å². The Kier molecular flexibility index (Phi) is 7.04. The zero-order valence-electron chi connectivity index (χ0n) is 15.8. The van der Waals surface area contributed by atoms with Gasteiger partial charge in [0.25, 0.3) is 5.91 Å². The van der Waals surface area contributed by atoms with Crippen molar-refractivity contribution in [2.75, 3.05) is 33.4 Å². The van der Waals surface area contributed by atoms with Gasteiger partial charge in [0, 0.05) is 19.3 Å². The van der Waals surface area contributed by atoms with Crippen molar-refractivity contribution < 1.29 is 14.3 Å². The maximum atomic E-state index is 12.0. The van der Waals surface area contributed by atoms with Crippen LogP contribution in [0.1, 0.15) is 18.5 Å². The molecule has 0 radical (unpaired) electrons. The van der Waals surface area contributed by atoms with Gasteiger partial charge in [-0.2, -0.15) is 0 Å². The van der Waals surface area contributed by atoms with E-state index in [2.05, 4.69) is 21.3 Å². The minimum absolute atomic E-state index is 0.0326. The van der Waals surface area contributed by atoms with Gasteiger partial charge in [0.1, 0.15) is 11.5 Å². The summed E-state index contributed by atoms with van der Waals surface area (Å²) in [6.45, 7) is 3.72. The highest BCUT2D eigenvalue weighted by Crippen LogP contribution is 2.18. The molecular formula is C21H27N3O3. The predicted octanol–water partition coefficient (Wildman–Crippen LogP) is 2.50. The van der Waals surface area contributed by atoms with Crippen LogP contribution in [0.2, 0.25) is 0 Å². The van der Waals surface area contributed by atoms with Crippen LogP contribution < -0.4 is 14.8 Å². The summed E-state index contributed by atoms with van der Waals surface area (Å²) in [4.78, 5) is 18.8. The Labute approximate surface area is 160 Å². The van der Waals surface area contributed by atoms with Crippen LogP contribution >= 0.6 is 0 Å². The summed E-state index contributed by atoms with van der Waals surface area (Å²) in [6.07, 6.45) is 4.02. The van der Waals surface area contributed by atoms with Crippen LogP contribution in [0.3, 0.4) is 0 Å². The first-order valence-electron chi connectivity index (χ1n) is 9.39. The second-order valence-corrected chi connectivity index (χ2v) is 6.81. The summed E-state index contributed by atoms with van der Waals surface area (Å²) in [5.41, 5.74) is 1.11. The number of benzene rings is 1. The number of carbonyl (C=O) groups is 1. The second kappa shape index (κ2) is 9.92. The highest BCUT2D eigenvalue weighted by molar-refractivity contribution is 5.77. The number of nitrogens with one attached hydrogen (secondary N) is 1. The Morgan fingerprint density at radius 2 is 1.89 bits per heavy atom. The Balaban J connectivity index is 1.31. The number of rotatable bonds is 8. The number of hydrogen-bond acceptors (Lipinski definition) is 5. The molecule has 0 aliphatic carbocycles. The molecule has 3 rings (SSSR count). The molecule has 1 aromatic heterocycles. The Morgan fingerprint density at radius 3 is 2.56 bits per heavy atom. The summed E-state index contributed by atoms with van der Waals surface area (Å²) in [5, 5.41) is 2.99. The molecule has 27 heavy (non-hydrogen) atoms. The van der Waals surface area contributed by atoms with E-state index >= 15 is 0 Å². The fourth-order valence-corrected chi connectivity index (χ4v) is 3.20. The lowest BCUT2D eigenvalue weighted by atomic mass is 9.96. The van der Waals surface area contributed by atoms with Crippen LogP contribution in [0.25, 0.3) is 0 Å². The number of nitrogens with zero attached hydrogens (tertiary/aromatic N) is 2. The van der Waals surface area contributed by atoms with E-state index in [1.165, 1.54) is 0 Å². The lowest BCUT2D eigenvalue weighted by Crippen LogP contribution is -2.39. The van der Waals surface area contributed by atoms with Gasteiger partial charge in [-0.25, -0.2) is 0 Å². The van der Waals surface area contributed by atoms with Gasteiger partial charge in [0.2, 0.25) is 0 Å². The Morgan fingerprint density at radius 1 is 1.15 bits per heavy atom. The first-order valence-corrected chi connectivity index (χ1v) is 9.39. The number of ether oxygens (including phenoxy) is 2. The Hall–Kier alpha value is -2.60. The molecule has 144 valence electrons. The summed E-state index contributed by atoms with van der Waals surface area (Å²) >= 11 is 0. The monoisotopic (exact) mass is 369 g/mol. The third-order valence-corrected chi connectivity index (χ3v) is 4.84. The van der Waals surface area contributed by atoms with Crippen molar-refractivity contribution in [1.82, 2.24) is 15.2 Å². The molecule has 0 unspecified atom stereocenters. The molecule has 1 saturated heterocycles. The zero-order valence-corrected chi connectivity index (χ0v) is 15.8. The number of hydrogen-bond donors (Lipinski definition) is 1. The minimum atomic E-state index is -0.0817.